The summed E-state index contributed by atoms with van der Waals surface area (Å²) in [5.41, 5.74) is 6.94. The second kappa shape index (κ2) is 5.96. The van der Waals surface area contributed by atoms with Crippen LogP contribution in [-0.2, 0) is 11.2 Å². The van der Waals surface area contributed by atoms with Gasteiger partial charge in [-0.15, -0.1) is 0 Å². The van der Waals surface area contributed by atoms with E-state index < -0.39 is 5.54 Å². The van der Waals surface area contributed by atoms with E-state index >= 15 is 0 Å². The number of carbonyl (C=O) groups excluding carboxylic acids is 1. The van der Waals surface area contributed by atoms with Crippen LogP contribution in [0, 0.1) is 5.41 Å². The summed E-state index contributed by atoms with van der Waals surface area (Å²) >= 11 is 0. The highest BCUT2D eigenvalue weighted by Gasteiger charge is 2.43. The Morgan fingerprint density at radius 3 is 2.55 bits per heavy atom. The van der Waals surface area contributed by atoms with Crippen LogP contribution >= 0.6 is 0 Å². The molecule has 1 fully saturated rings. The Balaban J connectivity index is 1.86. The molecule has 1 aliphatic carbocycles. The fraction of sp³-hybridized carbons (Fsp3) is 0.588. The highest BCUT2D eigenvalue weighted by Crippen LogP contribution is 2.47. The zero-order valence-electron chi connectivity index (χ0n) is 12.6. The Labute approximate surface area is 121 Å². The molecule has 0 radical (unpaired) electrons. The van der Waals surface area contributed by atoms with Gasteiger partial charge in [0.15, 0.2) is 0 Å². The van der Waals surface area contributed by atoms with Crippen LogP contribution in [-0.4, -0.2) is 18.0 Å². The predicted molar refractivity (Wildman–Crippen MR) is 82.3 cm³/mol. The standard InChI is InChI=1S/C17H26N2O/c1-3-9-16(2,18)15(20)19-13-17(10-11-17)12-14-7-5-4-6-8-14/h4-8H,3,9-13,18H2,1-2H3,(H,19,20). The Morgan fingerprint density at radius 2 is 2.00 bits per heavy atom. The van der Waals surface area contributed by atoms with Gasteiger partial charge in [0.2, 0.25) is 5.91 Å². The fourth-order valence-corrected chi connectivity index (χ4v) is 2.72. The molecule has 3 N–H and O–H groups in total. The zero-order valence-corrected chi connectivity index (χ0v) is 12.6. The number of hydrogen-bond acceptors (Lipinski definition) is 2. The third-order valence-corrected chi connectivity index (χ3v) is 4.29. The van der Waals surface area contributed by atoms with E-state index in [-0.39, 0.29) is 11.3 Å². The Hall–Kier alpha value is -1.35. The minimum Gasteiger partial charge on any atom is -0.354 e. The number of benzene rings is 1. The van der Waals surface area contributed by atoms with Gasteiger partial charge in [-0.2, -0.15) is 0 Å². The normalized spacial score (nSPS) is 19.1. The average molecular weight is 274 g/mol. The van der Waals surface area contributed by atoms with Crippen LogP contribution in [0.1, 0.15) is 45.1 Å². The van der Waals surface area contributed by atoms with Crippen molar-refractivity contribution in [3.8, 4) is 0 Å². The summed E-state index contributed by atoms with van der Waals surface area (Å²) < 4.78 is 0. The highest BCUT2D eigenvalue weighted by atomic mass is 16.2. The van der Waals surface area contributed by atoms with Gasteiger partial charge in [0.05, 0.1) is 5.54 Å². The molecule has 1 aromatic rings. The maximum atomic E-state index is 12.1. The molecule has 1 amide bonds. The van der Waals surface area contributed by atoms with Crippen molar-refractivity contribution in [3.63, 3.8) is 0 Å². The van der Waals surface area contributed by atoms with Crippen LogP contribution in [0.4, 0.5) is 0 Å². The van der Waals surface area contributed by atoms with Crippen LogP contribution in [0.5, 0.6) is 0 Å². The fourth-order valence-electron chi connectivity index (χ4n) is 2.72. The monoisotopic (exact) mass is 274 g/mol. The van der Waals surface area contributed by atoms with Gasteiger partial charge >= 0.3 is 0 Å². The second-order valence-corrected chi connectivity index (χ2v) is 6.51. The van der Waals surface area contributed by atoms with Crippen LogP contribution in [0.2, 0.25) is 0 Å². The molecule has 1 aromatic carbocycles. The smallest absolute Gasteiger partial charge is 0.239 e. The topological polar surface area (TPSA) is 55.1 Å². The molecule has 1 saturated carbocycles. The van der Waals surface area contributed by atoms with E-state index in [0.29, 0.717) is 0 Å². The lowest BCUT2D eigenvalue weighted by Gasteiger charge is -2.25. The van der Waals surface area contributed by atoms with Crippen molar-refractivity contribution in [1.29, 1.82) is 0 Å². The lowest BCUT2D eigenvalue weighted by Crippen LogP contribution is -2.52. The van der Waals surface area contributed by atoms with Crippen LogP contribution < -0.4 is 11.1 Å². The van der Waals surface area contributed by atoms with Gasteiger partial charge in [-0.3, -0.25) is 4.79 Å². The third kappa shape index (κ3) is 3.83. The van der Waals surface area contributed by atoms with E-state index in [9.17, 15) is 4.79 Å². The summed E-state index contributed by atoms with van der Waals surface area (Å²) in [4.78, 5) is 12.1. The number of nitrogens with two attached hydrogens (primary N) is 1. The lowest BCUT2D eigenvalue weighted by molar-refractivity contribution is -0.126. The zero-order chi connectivity index (χ0) is 14.6. The van der Waals surface area contributed by atoms with Gasteiger partial charge in [-0.25, -0.2) is 0 Å². The Kier molecular flexibility index (Phi) is 4.48. The number of nitrogens with one attached hydrogen (secondary N) is 1. The lowest BCUT2D eigenvalue weighted by atomic mass is 9.94. The first-order valence-corrected chi connectivity index (χ1v) is 7.59. The quantitative estimate of drug-likeness (QED) is 0.803. The van der Waals surface area contributed by atoms with Gasteiger partial charge in [0.25, 0.3) is 0 Å². The Morgan fingerprint density at radius 1 is 1.35 bits per heavy atom. The van der Waals surface area contributed by atoms with Crippen LogP contribution in [0.15, 0.2) is 30.3 Å². The molecular formula is C17H26N2O. The van der Waals surface area contributed by atoms with Crippen molar-refractivity contribution >= 4 is 5.91 Å². The molecule has 0 aliphatic heterocycles. The van der Waals surface area contributed by atoms with Crippen LogP contribution in [0.25, 0.3) is 0 Å². The molecule has 0 spiro atoms. The van der Waals surface area contributed by atoms with Crippen molar-refractivity contribution in [2.75, 3.05) is 6.54 Å². The molecule has 1 aliphatic rings. The summed E-state index contributed by atoms with van der Waals surface area (Å²) in [5.74, 6) is -0.0151. The summed E-state index contributed by atoms with van der Waals surface area (Å²) in [6.45, 7) is 4.62. The number of amides is 1. The van der Waals surface area contributed by atoms with Crippen LogP contribution in [0.3, 0.4) is 0 Å². The maximum absolute atomic E-state index is 12.1. The van der Waals surface area contributed by atoms with Gasteiger partial charge in [0, 0.05) is 6.54 Å². The summed E-state index contributed by atoms with van der Waals surface area (Å²) in [6.07, 6.45) is 5.08. The molecule has 1 unspecified atom stereocenters. The first-order valence-electron chi connectivity index (χ1n) is 7.59. The molecule has 110 valence electrons. The van der Waals surface area contributed by atoms with Crippen molar-refractivity contribution in [2.24, 2.45) is 11.1 Å². The first kappa shape index (κ1) is 15.0. The molecular weight excluding hydrogens is 248 g/mol. The van der Waals surface area contributed by atoms with Gasteiger partial charge in [-0.1, -0.05) is 43.7 Å². The van der Waals surface area contributed by atoms with E-state index in [1.54, 1.807) is 0 Å². The van der Waals surface area contributed by atoms with Crippen molar-refractivity contribution in [2.45, 2.75) is 51.5 Å². The van der Waals surface area contributed by atoms with Crippen molar-refractivity contribution < 1.29 is 4.79 Å². The molecule has 3 nitrogen and oxygen atoms in total. The summed E-state index contributed by atoms with van der Waals surface area (Å²) in [7, 11) is 0. The summed E-state index contributed by atoms with van der Waals surface area (Å²) in [6, 6.07) is 10.5. The molecule has 0 aromatic heterocycles. The Bertz CT molecular complexity index is 449. The average Bonchev–Trinajstić information content (AvgIpc) is 3.17. The minimum absolute atomic E-state index is 0.0151. The molecule has 0 bridgehead atoms. The van der Waals surface area contributed by atoms with Crippen molar-refractivity contribution in [3.05, 3.63) is 35.9 Å². The van der Waals surface area contributed by atoms with E-state index in [0.717, 1.165) is 25.8 Å². The first-order chi connectivity index (χ1) is 9.47. The molecule has 2 rings (SSSR count). The van der Waals surface area contributed by atoms with E-state index in [1.807, 2.05) is 13.0 Å². The summed E-state index contributed by atoms with van der Waals surface area (Å²) in [5, 5.41) is 3.07. The highest BCUT2D eigenvalue weighted by molar-refractivity contribution is 5.85. The van der Waals surface area contributed by atoms with Crippen molar-refractivity contribution in [1.82, 2.24) is 5.32 Å². The molecule has 20 heavy (non-hydrogen) atoms. The second-order valence-electron chi connectivity index (χ2n) is 6.51. The molecule has 0 saturated heterocycles. The maximum Gasteiger partial charge on any atom is 0.239 e. The van der Waals surface area contributed by atoms with E-state index in [4.69, 9.17) is 5.73 Å². The molecule has 1 atom stereocenters. The number of carbonyl (C=O) groups is 1. The number of hydrogen-bond donors (Lipinski definition) is 2. The largest absolute Gasteiger partial charge is 0.354 e. The SMILES string of the molecule is CCCC(C)(N)C(=O)NCC1(Cc2ccccc2)CC1. The van der Waals surface area contributed by atoms with E-state index in [1.165, 1.54) is 18.4 Å². The molecule has 0 heterocycles. The third-order valence-electron chi connectivity index (χ3n) is 4.29. The van der Waals surface area contributed by atoms with Gasteiger partial charge in [0.1, 0.15) is 0 Å². The minimum atomic E-state index is -0.739. The number of rotatable bonds is 7. The van der Waals surface area contributed by atoms with Gasteiger partial charge < -0.3 is 11.1 Å². The van der Waals surface area contributed by atoms with Gasteiger partial charge in [-0.05, 0) is 43.6 Å². The molecule has 3 heteroatoms. The van der Waals surface area contributed by atoms with E-state index in [2.05, 4.69) is 36.5 Å². The predicted octanol–water partition coefficient (Wildman–Crippen LogP) is 2.64.